The molecule has 0 aliphatic carbocycles. The van der Waals surface area contributed by atoms with E-state index in [0.29, 0.717) is 5.92 Å². The van der Waals surface area contributed by atoms with E-state index in [2.05, 4.69) is 13.8 Å². The van der Waals surface area contributed by atoms with Gasteiger partial charge in [-0.3, -0.25) is 0 Å². The molecule has 66 valence electrons. The largest absolute Gasteiger partial charge is 0.388 e. The maximum atomic E-state index is 9.79. The summed E-state index contributed by atoms with van der Waals surface area (Å²) in [5, 5.41) is 9.79. The van der Waals surface area contributed by atoms with Gasteiger partial charge in [-0.05, 0) is 11.5 Å². The first-order valence-corrected chi connectivity index (χ1v) is 4.48. The lowest BCUT2D eigenvalue weighted by Gasteiger charge is -2.16. The number of aliphatic hydroxyl groups excluding tert-OH is 1. The van der Waals surface area contributed by atoms with Crippen molar-refractivity contribution in [3.63, 3.8) is 0 Å². The van der Waals surface area contributed by atoms with Gasteiger partial charge in [-0.25, -0.2) is 0 Å². The Morgan fingerprint density at radius 1 is 1.25 bits per heavy atom. The van der Waals surface area contributed by atoms with Gasteiger partial charge in [0.25, 0.3) is 0 Å². The molecular formula is C11H16O. The highest BCUT2D eigenvalue weighted by molar-refractivity contribution is 5.17. The minimum absolute atomic E-state index is 0.309. The second-order valence-electron chi connectivity index (χ2n) is 3.24. The smallest absolute Gasteiger partial charge is 0.0815 e. The Bertz CT molecular complexity index is 218. The second kappa shape index (κ2) is 4.27. The van der Waals surface area contributed by atoms with E-state index in [1.807, 2.05) is 30.3 Å². The zero-order valence-electron chi connectivity index (χ0n) is 7.70. The third-order valence-electron chi connectivity index (χ3n) is 2.32. The topological polar surface area (TPSA) is 20.2 Å². The summed E-state index contributed by atoms with van der Waals surface area (Å²) in [6.45, 7) is 4.16. The molecule has 1 N–H and O–H groups in total. The van der Waals surface area contributed by atoms with Crippen molar-refractivity contribution in [3.8, 4) is 0 Å². The Balaban J connectivity index is 2.71. The van der Waals surface area contributed by atoms with Crippen LogP contribution in [0.25, 0.3) is 0 Å². The summed E-state index contributed by atoms with van der Waals surface area (Å²) in [6, 6.07) is 9.82. The van der Waals surface area contributed by atoms with Crippen LogP contribution in [0.4, 0.5) is 0 Å². The monoisotopic (exact) mass is 164 g/mol. The van der Waals surface area contributed by atoms with Crippen LogP contribution in [-0.4, -0.2) is 5.11 Å². The van der Waals surface area contributed by atoms with Crippen molar-refractivity contribution in [2.24, 2.45) is 5.92 Å². The lowest BCUT2D eigenvalue weighted by Crippen LogP contribution is -2.07. The number of aliphatic hydroxyl groups is 1. The van der Waals surface area contributed by atoms with E-state index in [9.17, 15) is 5.11 Å². The van der Waals surface area contributed by atoms with Gasteiger partial charge in [0.15, 0.2) is 0 Å². The second-order valence-corrected chi connectivity index (χ2v) is 3.24. The van der Waals surface area contributed by atoms with Crippen molar-refractivity contribution in [1.29, 1.82) is 0 Å². The summed E-state index contributed by atoms with van der Waals surface area (Å²) in [5.74, 6) is 0.340. The van der Waals surface area contributed by atoms with E-state index in [0.717, 1.165) is 12.0 Å². The summed E-state index contributed by atoms with van der Waals surface area (Å²) in [5.41, 5.74) is 1.02. The van der Waals surface area contributed by atoms with Crippen LogP contribution in [0.2, 0.25) is 0 Å². The van der Waals surface area contributed by atoms with Crippen LogP contribution >= 0.6 is 0 Å². The fourth-order valence-corrected chi connectivity index (χ4v) is 1.20. The Labute approximate surface area is 74.1 Å². The van der Waals surface area contributed by atoms with Crippen molar-refractivity contribution in [1.82, 2.24) is 0 Å². The van der Waals surface area contributed by atoms with Crippen molar-refractivity contribution in [3.05, 3.63) is 35.9 Å². The summed E-state index contributed by atoms with van der Waals surface area (Å²) in [7, 11) is 0. The minimum atomic E-state index is -0.309. The molecule has 0 saturated carbocycles. The van der Waals surface area contributed by atoms with E-state index in [1.54, 1.807) is 0 Å². The summed E-state index contributed by atoms with van der Waals surface area (Å²) < 4.78 is 0. The van der Waals surface area contributed by atoms with Crippen molar-refractivity contribution < 1.29 is 5.11 Å². The average Bonchev–Trinajstić information content (AvgIpc) is 2.17. The molecule has 0 aliphatic heterocycles. The van der Waals surface area contributed by atoms with Gasteiger partial charge in [-0.1, -0.05) is 50.6 Å². The van der Waals surface area contributed by atoms with Gasteiger partial charge in [0.1, 0.15) is 0 Å². The predicted molar refractivity (Wildman–Crippen MR) is 50.9 cm³/mol. The molecule has 0 amide bonds. The molecule has 12 heavy (non-hydrogen) atoms. The first-order chi connectivity index (χ1) is 5.75. The van der Waals surface area contributed by atoms with Gasteiger partial charge in [-0.2, -0.15) is 0 Å². The quantitative estimate of drug-likeness (QED) is 0.728. The highest BCUT2D eigenvalue weighted by Gasteiger charge is 2.13. The third-order valence-corrected chi connectivity index (χ3v) is 2.32. The average molecular weight is 164 g/mol. The molecule has 0 aliphatic rings. The summed E-state index contributed by atoms with van der Waals surface area (Å²) in [6.07, 6.45) is 0.701. The zero-order chi connectivity index (χ0) is 8.97. The molecule has 2 atom stereocenters. The molecule has 0 saturated heterocycles. The predicted octanol–water partition coefficient (Wildman–Crippen LogP) is 2.77. The van der Waals surface area contributed by atoms with Gasteiger partial charge >= 0.3 is 0 Å². The van der Waals surface area contributed by atoms with Crippen LogP contribution in [0.5, 0.6) is 0 Å². The van der Waals surface area contributed by atoms with Crippen LogP contribution in [0.15, 0.2) is 30.3 Å². The molecule has 1 unspecified atom stereocenters. The van der Waals surface area contributed by atoms with Gasteiger partial charge in [0.05, 0.1) is 6.10 Å². The van der Waals surface area contributed by atoms with Gasteiger partial charge in [-0.15, -0.1) is 0 Å². The lowest BCUT2D eigenvalue weighted by atomic mass is 9.95. The molecule has 1 nitrogen and oxygen atoms in total. The normalized spacial score (nSPS) is 15.6. The number of benzene rings is 1. The van der Waals surface area contributed by atoms with Gasteiger partial charge in [0, 0.05) is 0 Å². The fraction of sp³-hybridized carbons (Fsp3) is 0.455. The fourth-order valence-electron chi connectivity index (χ4n) is 1.20. The van der Waals surface area contributed by atoms with Crippen molar-refractivity contribution in [2.75, 3.05) is 0 Å². The molecular weight excluding hydrogens is 148 g/mol. The number of rotatable bonds is 3. The molecule has 1 heteroatoms. The highest BCUT2D eigenvalue weighted by atomic mass is 16.3. The van der Waals surface area contributed by atoms with Crippen molar-refractivity contribution in [2.45, 2.75) is 26.4 Å². The zero-order valence-corrected chi connectivity index (χ0v) is 7.70. The Morgan fingerprint density at radius 3 is 2.33 bits per heavy atom. The molecule has 1 rings (SSSR count). The highest BCUT2D eigenvalue weighted by Crippen LogP contribution is 2.23. The van der Waals surface area contributed by atoms with E-state index in [4.69, 9.17) is 0 Å². The van der Waals surface area contributed by atoms with Crippen LogP contribution in [-0.2, 0) is 0 Å². The lowest BCUT2D eigenvalue weighted by molar-refractivity contribution is 0.115. The van der Waals surface area contributed by atoms with E-state index in [-0.39, 0.29) is 6.10 Å². The first-order valence-electron chi connectivity index (χ1n) is 4.48. The minimum Gasteiger partial charge on any atom is -0.388 e. The van der Waals surface area contributed by atoms with E-state index in [1.165, 1.54) is 0 Å². The maximum absolute atomic E-state index is 9.79. The Morgan fingerprint density at radius 2 is 1.83 bits per heavy atom. The Hall–Kier alpha value is -0.820. The number of hydrogen-bond acceptors (Lipinski definition) is 1. The molecule has 0 bridgehead atoms. The molecule has 0 radical (unpaired) electrons. The van der Waals surface area contributed by atoms with Gasteiger partial charge < -0.3 is 5.11 Å². The molecule has 1 aromatic rings. The Kier molecular flexibility index (Phi) is 3.30. The van der Waals surface area contributed by atoms with Crippen LogP contribution < -0.4 is 0 Å². The van der Waals surface area contributed by atoms with Crippen LogP contribution in [0, 0.1) is 5.92 Å². The standard InChI is InChI=1S/C11H16O/c1-3-9(2)11(12)10-7-5-4-6-8-10/h4-9,11-12H,3H2,1-2H3/t9-,11?/m1/s1. The van der Waals surface area contributed by atoms with Crippen molar-refractivity contribution >= 4 is 0 Å². The summed E-state index contributed by atoms with van der Waals surface area (Å²) >= 11 is 0. The molecule has 0 aromatic heterocycles. The number of hydrogen-bond donors (Lipinski definition) is 1. The van der Waals surface area contributed by atoms with Crippen LogP contribution in [0.3, 0.4) is 0 Å². The van der Waals surface area contributed by atoms with E-state index < -0.39 is 0 Å². The van der Waals surface area contributed by atoms with E-state index >= 15 is 0 Å². The molecule has 0 fully saturated rings. The molecule has 0 heterocycles. The molecule has 1 aromatic carbocycles. The first kappa shape index (κ1) is 9.27. The molecule has 0 spiro atoms. The van der Waals surface area contributed by atoms with Gasteiger partial charge in [0.2, 0.25) is 0 Å². The van der Waals surface area contributed by atoms with Crippen LogP contribution in [0.1, 0.15) is 31.9 Å². The summed E-state index contributed by atoms with van der Waals surface area (Å²) in [4.78, 5) is 0. The SMILES string of the molecule is CC[C@@H](C)C(O)c1ccccc1. The maximum Gasteiger partial charge on any atom is 0.0815 e. The third kappa shape index (κ3) is 2.08.